The Bertz CT molecular complexity index is 227. The highest BCUT2D eigenvalue weighted by Crippen LogP contribution is 2.12. The van der Waals surface area contributed by atoms with E-state index < -0.39 is 6.67 Å². The van der Waals surface area contributed by atoms with E-state index in [1.54, 1.807) is 26.1 Å². The highest BCUT2D eigenvalue weighted by molar-refractivity contribution is 5.32. The number of hydrogen-bond acceptors (Lipinski definition) is 2. The smallest absolute Gasteiger partial charge is 0.117 e. The third-order valence-corrected chi connectivity index (χ3v) is 1.27. The molecular formula is C9H13FN2. The lowest BCUT2D eigenvalue weighted by molar-refractivity contribution is 0.545. The summed E-state index contributed by atoms with van der Waals surface area (Å²) in [6.07, 6.45) is 4.83. The van der Waals surface area contributed by atoms with Gasteiger partial charge in [0.05, 0.1) is 5.70 Å². The summed E-state index contributed by atoms with van der Waals surface area (Å²) in [5.74, 6) is 0. The molecule has 66 valence electrons. The molecule has 0 aliphatic heterocycles. The third-order valence-electron chi connectivity index (χ3n) is 1.27. The molecule has 0 aromatic heterocycles. The molecule has 0 unspecified atom stereocenters. The summed E-state index contributed by atoms with van der Waals surface area (Å²) in [7, 11) is 1.55. The number of halogens is 1. The Morgan fingerprint density at radius 1 is 1.58 bits per heavy atom. The van der Waals surface area contributed by atoms with Gasteiger partial charge < -0.3 is 0 Å². The average molecular weight is 168 g/mol. The summed E-state index contributed by atoms with van der Waals surface area (Å²) in [6.45, 7) is 4.72. The quantitative estimate of drug-likeness (QED) is 0.455. The molecule has 0 saturated carbocycles. The molecule has 0 heterocycles. The zero-order valence-electron chi connectivity index (χ0n) is 7.42. The number of rotatable bonds is 4. The molecule has 0 rings (SSSR count). The standard InChI is InChI=1S/C9H13FN2/c1-4-6-8(7-10)9(5-2)12-11-3/h4-6H,1,7H2,2-3H3/b8-6-,9-5+,12-11-. The maximum absolute atomic E-state index is 12.3. The molecule has 2 nitrogen and oxygen atoms in total. The molecule has 0 atom stereocenters. The van der Waals surface area contributed by atoms with Gasteiger partial charge in [-0.3, -0.25) is 0 Å². The van der Waals surface area contributed by atoms with Gasteiger partial charge in [0, 0.05) is 12.6 Å². The van der Waals surface area contributed by atoms with Crippen LogP contribution in [0.3, 0.4) is 0 Å². The topological polar surface area (TPSA) is 24.7 Å². The van der Waals surface area contributed by atoms with Crippen molar-refractivity contribution in [3.05, 3.63) is 36.1 Å². The zero-order chi connectivity index (χ0) is 9.40. The summed E-state index contributed by atoms with van der Waals surface area (Å²) in [5, 5.41) is 7.34. The summed E-state index contributed by atoms with van der Waals surface area (Å²) in [4.78, 5) is 0. The highest BCUT2D eigenvalue weighted by Gasteiger charge is 2.00. The van der Waals surface area contributed by atoms with Crippen LogP contribution < -0.4 is 0 Å². The first-order chi connectivity index (χ1) is 5.79. The first-order valence-corrected chi connectivity index (χ1v) is 3.64. The van der Waals surface area contributed by atoms with Crippen molar-refractivity contribution in [3.8, 4) is 0 Å². The van der Waals surface area contributed by atoms with Crippen molar-refractivity contribution in [3.63, 3.8) is 0 Å². The minimum Gasteiger partial charge on any atom is -0.246 e. The van der Waals surface area contributed by atoms with Crippen LogP contribution in [0.15, 0.2) is 46.3 Å². The van der Waals surface area contributed by atoms with Gasteiger partial charge in [0.2, 0.25) is 0 Å². The Morgan fingerprint density at radius 3 is 2.58 bits per heavy atom. The number of nitrogens with zero attached hydrogens (tertiary/aromatic N) is 2. The molecule has 0 aromatic carbocycles. The third kappa shape index (κ3) is 3.23. The normalized spacial score (nSPS) is 13.9. The van der Waals surface area contributed by atoms with Crippen LogP contribution in [0.5, 0.6) is 0 Å². The molecule has 0 bridgehead atoms. The summed E-state index contributed by atoms with van der Waals surface area (Å²) in [6, 6.07) is 0. The van der Waals surface area contributed by atoms with Gasteiger partial charge in [0.25, 0.3) is 0 Å². The van der Waals surface area contributed by atoms with E-state index in [-0.39, 0.29) is 0 Å². The molecule has 0 N–H and O–H groups in total. The van der Waals surface area contributed by atoms with Crippen molar-refractivity contribution in [1.29, 1.82) is 0 Å². The maximum atomic E-state index is 12.3. The Labute approximate surface area is 72.2 Å². The Hall–Kier alpha value is -1.25. The van der Waals surface area contributed by atoms with Crippen molar-refractivity contribution in [1.82, 2.24) is 0 Å². The molecule has 0 spiro atoms. The van der Waals surface area contributed by atoms with Crippen LogP contribution in [0.25, 0.3) is 0 Å². The zero-order valence-corrected chi connectivity index (χ0v) is 7.42. The van der Waals surface area contributed by atoms with Gasteiger partial charge in [0.1, 0.15) is 6.67 Å². The van der Waals surface area contributed by atoms with E-state index in [0.717, 1.165) is 0 Å². The monoisotopic (exact) mass is 168 g/mol. The Morgan fingerprint density at radius 2 is 2.25 bits per heavy atom. The fourth-order valence-electron chi connectivity index (χ4n) is 0.756. The minimum absolute atomic E-state index is 0.498. The maximum Gasteiger partial charge on any atom is 0.117 e. The summed E-state index contributed by atoms with van der Waals surface area (Å²) in [5.41, 5.74) is 1.05. The molecule has 0 amide bonds. The van der Waals surface area contributed by atoms with Gasteiger partial charge in [-0.1, -0.05) is 24.8 Å². The molecule has 0 aliphatic carbocycles. The lowest BCUT2D eigenvalue weighted by Gasteiger charge is -1.99. The van der Waals surface area contributed by atoms with E-state index in [1.807, 2.05) is 0 Å². The van der Waals surface area contributed by atoms with Crippen LogP contribution in [0.4, 0.5) is 4.39 Å². The van der Waals surface area contributed by atoms with E-state index in [1.165, 1.54) is 6.08 Å². The molecule has 0 radical (unpaired) electrons. The number of azo groups is 1. The van der Waals surface area contributed by atoms with Gasteiger partial charge >= 0.3 is 0 Å². The van der Waals surface area contributed by atoms with Gasteiger partial charge in [-0.05, 0) is 6.92 Å². The predicted octanol–water partition coefficient (Wildman–Crippen LogP) is 3.05. The highest BCUT2D eigenvalue weighted by atomic mass is 19.1. The number of hydrogen-bond donors (Lipinski definition) is 0. The predicted molar refractivity (Wildman–Crippen MR) is 48.8 cm³/mol. The van der Waals surface area contributed by atoms with Crippen molar-refractivity contribution < 1.29 is 4.39 Å². The number of allylic oxidation sites excluding steroid dienone is 4. The molecule has 0 aromatic rings. The van der Waals surface area contributed by atoms with Crippen LogP contribution in [-0.2, 0) is 0 Å². The average Bonchev–Trinajstić information content (AvgIpc) is 2.11. The van der Waals surface area contributed by atoms with E-state index in [9.17, 15) is 4.39 Å². The van der Waals surface area contributed by atoms with Crippen molar-refractivity contribution in [2.75, 3.05) is 13.7 Å². The largest absolute Gasteiger partial charge is 0.246 e. The molecule has 3 heteroatoms. The Balaban J connectivity index is 4.69. The van der Waals surface area contributed by atoms with Crippen molar-refractivity contribution >= 4 is 0 Å². The molecule has 0 saturated heterocycles. The second-order valence-corrected chi connectivity index (χ2v) is 2.04. The summed E-state index contributed by atoms with van der Waals surface area (Å²) >= 11 is 0. The van der Waals surface area contributed by atoms with E-state index in [2.05, 4.69) is 16.8 Å². The summed E-state index contributed by atoms with van der Waals surface area (Å²) < 4.78 is 12.3. The fourth-order valence-corrected chi connectivity index (χ4v) is 0.756. The number of alkyl halides is 1. The van der Waals surface area contributed by atoms with Crippen LogP contribution in [-0.4, -0.2) is 13.7 Å². The van der Waals surface area contributed by atoms with Crippen LogP contribution in [0.2, 0.25) is 0 Å². The van der Waals surface area contributed by atoms with Gasteiger partial charge in [-0.2, -0.15) is 10.2 Å². The Kier molecular flexibility index (Phi) is 5.79. The minimum atomic E-state index is -0.551. The lowest BCUT2D eigenvalue weighted by atomic mass is 10.2. The lowest BCUT2D eigenvalue weighted by Crippen LogP contribution is -1.88. The van der Waals surface area contributed by atoms with Gasteiger partial charge in [0.15, 0.2) is 0 Å². The molecule has 0 fully saturated rings. The van der Waals surface area contributed by atoms with Crippen LogP contribution >= 0.6 is 0 Å². The second kappa shape index (κ2) is 6.46. The van der Waals surface area contributed by atoms with E-state index in [4.69, 9.17) is 0 Å². The SMILES string of the molecule is C=C\C=C(CF)/C(=C\C)/N=N\C. The van der Waals surface area contributed by atoms with Crippen LogP contribution in [0.1, 0.15) is 6.92 Å². The second-order valence-electron chi connectivity index (χ2n) is 2.04. The van der Waals surface area contributed by atoms with E-state index in [0.29, 0.717) is 11.3 Å². The first-order valence-electron chi connectivity index (χ1n) is 3.64. The fraction of sp³-hybridized carbons (Fsp3) is 0.333. The first kappa shape index (κ1) is 10.8. The molecule has 0 aliphatic rings. The van der Waals surface area contributed by atoms with E-state index >= 15 is 0 Å². The van der Waals surface area contributed by atoms with Crippen molar-refractivity contribution in [2.45, 2.75) is 6.92 Å². The van der Waals surface area contributed by atoms with Gasteiger partial charge in [-0.15, -0.1) is 0 Å². The van der Waals surface area contributed by atoms with Crippen molar-refractivity contribution in [2.24, 2.45) is 10.2 Å². The molecular weight excluding hydrogens is 155 g/mol. The van der Waals surface area contributed by atoms with Crippen LogP contribution in [0, 0.1) is 0 Å². The van der Waals surface area contributed by atoms with Gasteiger partial charge in [-0.25, -0.2) is 4.39 Å². The molecule has 12 heavy (non-hydrogen) atoms.